The molecular weight excluding hydrogens is 220 g/mol. The molecule has 98 valence electrons. The van der Waals surface area contributed by atoms with Gasteiger partial charge in [-0.2, -0.15) is 0 Å². The normalized spacial score (nSPS) is 23.2. The Hall–Kier alpha value is -1.26. The van der Waals surface area contributed by atoms with Crippen molar-refractivity contribution in [2.45, 2.75) is 58.0 Å². The Bertz CT molecular complexity index is 306. The number of likely N-dealkylation sites (tertiary alicyclic amines) is 1. The number of carbonyl (C=O) groups excluding carboxylic acids is 1. The molecular formula is C12H22N2O3. The van der Waals surface area contributed by atoms with Gasteiger partial charge in [0.15, 0.2) is 0 Å². The molecule has 1 rings (SSSR count). The Kier molecular flexibility index (Phi) is 4.37. The van der Waals surface area contributed by atoms with Gasteiger partial charge in [0.1, 0.15) is 5.54 Å². The Balaban J connectivity index is 2.68. The fraction of sp³-hybridized carbons (Fsp3) is 0.833. The maximum absolute atomic E-state index is 12.0. The van der Waals surface area contributed by atoms with Crippen molar-refractivity contribution in [1.29, 1.82) is 0 Å². The van der Waals surface area contributed by atoms with Gasteiger partial charge in [-0.05, 0) is 32.6 Å². The average Bonchev–Trinajstić information content (AvgIpc) is 2.76. The van der Waals surface area contributed by atoms with Gasteiger partial charge in [0.05, 0.1) is 0 Å². The van der Waals surface area contributed by atoms with Gasteiger partial charge in [0.25, 0.3) is 0 Å². The van der Waals surface area contributed by atoms with Crippen LogP contribution in [0.1, 0.15) is 46.5 Å². The standard InChI is InChI=1S/C12H22N2O3/c1-4-9-7-6-8-14(9)11(17)13-12(3,5-2)10(15)16/h9H,4-8H2,1-3H3,(H,13,17)(H,15,16). The first-order valence-electron chi connectivity index (χ1n) is 6.26. The number of nitrogens with one attached hydrogen (secondary N) is 1. The summed E-state index contributed by atoms with van der Waals surface area (Å²) in [5.74, 6) is -0.986. The van der Waals surface area contributed by atoms with Crippen LogP contribution in [-0.2, 0) is 4.79 Å². The fourth-order valence-electron chi connectivity index (χ4n) is 2.13. The molecule has 0 spiro atoms. The van der Waals surface area contributed by atoms with Gasteiger partial charge in [0.2, 0.25) is 0 Å². The summed E-state index contributed by atoms with van der Waals surface area (Å²) < 4.78 is 0. The summed E-state index contributed by atoms with van der Waals surface area (Å²) in [6, 6.07) is 0.00556. The van der Waals surface area contributed by atoms with Gasteiger partial charge in [-0.1, -0.05) is 13.8 Å². The van der Waals surface area contributed by atoms with Crippen LogP contribution in [0, 0.1) is 0 Å². The summed E-state index contributed by atoms with van der Waals surface area (Å²) in [5.41, 5.74) is -1.17. The summed E-state index contributed by atoms with van der Waals surface area (Å²) in [7, 11) is 0. The first kappa shape index (κ1) is 13.8. The molecule has 2 unspecified atom stereocenters. The van der Waals surface area contributed by atoms with Crippen molar-refractivity contribution in [3.8, 4) is 0 Å². The van der Waals surface area contributed by atoms with E-state index in [9.17, 15) is 9.59 Å². The van der Waals surface area contributed by atoms with E-state index >= 15 is 0 Å². The van der Waals surface area contributed by atoms with E-state index in [0.717, 1.165) is 25.8 Å². The van der Waals surface area contributed by atoms with Crippen LogP contribution in [0.2, 0.25) is 0 Å². The number of carboxylic acids is 1. The maximum atomic E-state index is 12.0. The molecule has 0 aliphatic carbocycles. The van der Waals surface area contributed by atoms with Gasteiger partial charge in [-0.15, -0.1) is 0 Å². The number of amides is 2. The third-order valence-corrected chi connectivity index (χ3v) is 3.67. The van der Waals surface area contributed by atoms with Crippen molar-refractivity contribution >= 4 is 12.0 Å². The van der Waals surface area contributed by atoms with Gasteiger partial charge < -0.3 is 15.3 Å². The molecule has 5 heteroatoms. The minimum absolute atomic E-state index is 0.249. The van der Waals surface area contributed by atoms with Crippen molar-refractivity contribution in [2.75, 3.05) is 6.54 Å². The van der Waals surface area contributed by atoms with Crippen molar-refractivity contribution in [3.63, 3.8) is 0 Å². The van der Waals surface area contributed by atoms with Crippen LogP contribution < -0.4 is 5.32 Å². The molecule has 1 aliphatic heterocycles. The zero-order valence-corrected chi connectivity index (χ0v) is 10.8. The number of aliphatic carboxylic acids is 1. The second-order valence-electron chi connectivity index (χ2n) is 4.82. The molecule has 2 N–H and O–H groups in total. The molecule has 1 aliphatic rings. The average molecular weight is 242 g/mol. The number of carboxylic acid groups (broad SMARTS) is 1. The van der Waals surface area contributed by atoms with E-state index in [1.165, 1.54) is 0 Å². The Morgan fingerprint density at radius 1 is 1.47 bits per heavy atom. The summed E-state index contributed by atoms with van der Waals surface area (Å²) in [5, 5.41) is 11.8. The van der Waals surface area contributed by atoms with E-state index in [0.29, 0.717) is 6.42 Å². The van der Waals surface area contributed by atoms with Gasteiger partial charge in [-0.3, -0.25) is 0 Å². The number of nitrogens with zero attached hydrogens (tertiary/aromatic N) is 1. The highest BCUT2D eigenvalue weighted by molar-refractivity contribution is 5.86. The lowest BCUT2D eigenvalue weighted by atomic mass is 9.99. The fourth-order valence-corrected chi connectivity index (χ4v) is 2.13. The van der Waals surface area contributed by atoms with E-state index in [1.54, 1.807) is 18.7 Å². The summed E-state index contributed by atoms with van der Waals surface area (Å²) >= 11 is 0. The predicted octanol–water partition coefficient (Wildman–Crippen LogP) is 1.82. The predicted molar refractivity (Wildman–Crippen MR) is 64.9 cm³/mol. The van der Waals surface area contributed by atoms with Gasteiger partial charge >= 0.3 is 12.0 Å². The van der Waals surface area contributed by atoms with Crippen molar-refractivity contribution in [2.24, 2.45) is 0 Å². The van der Waals surface area contributed by atoms with E-state index < -0.39 is 11.5 Å². The van der Waals surface area contributed by atoms with Crippen LogP contribution in [0.25, 0.3) is 0 Å². The maximum Gasteiger partial charge on any atom is 0.329 e. The molecule has 0 aromatic carbocycles. The second kappa shape index (κ2) is 5.38. The van der Waals surface area contributed by atoms with Crippen molar-refractivity contribution < 1.29 is 14.7 Å². The lowest BCUT2D eigenvalue weighted by Gasteiger charge is -2.30. The summed E-state index contributed by atoms with van der Waals surface area (Å²) in [6.07, 6.45) is 3.31. The molecule has 1 fully saturated rings. The zero-order valence-electron chi connectivity index (χ0n) is 10.8. The molecule has 5 nitrogen and oxygen atoms in total. The topological polar surface area (TPSA) is 69.6 Å². The third-order valence-electron chi connectivity index (χ3n) is 3.67. The van der Waals surface area contributed by atoms with Crippen LogP contribution in [0.15, 0.2) is 0 Å². The molecule has 1 heterocycles. The molecule has 1 saturated heterocycles. The first-order chi connectivity index (χ1) is 7.94. The molecule has 0 aromatic rings. The quantitative estimate of drug-likeness (QED) is 0.790. The second-order valence-corrected chi connectivity index (χ2v) is 4.82. The number of hydrogen-bond donors (Lipinski definition) is 2. The van der Waals surface area contributed by atoms with E-state index in [1.807, 2.05) is 6.92 Å². The van der Waals surface area contributed by atoms with E-state index in [-0.39, 0.29) is 12.1 Å². The first-order valence-corrected chi connectivity index (χ1v) is 6.26. The Morgan fingerprint density at radius 3 is 2.59 bits per heavy atom. The monoisotopic (exact) mass is 242 g/mol. The molecule has 0 aromatic heterocycles. The lowest BCUT2D eigenvalue weighted by molar-refractivity contribution is -0.143. The van der Waals surface area contributed by atoms with E-state index in [4.69, 9.17) is 5.11 Å². The molecule has 0 bridgehead atoms. The number of rotatable bonds is 4. The molecule has 2 amide bonds. The smallest absolute Gasteiger partial charge is 0.329 e. The zero-order chi connectivity index (χ0) is 13.1. The third kappa shape index (κ3) is 2.90. The molecule has 0 saturated carbocycles. The Morgan fingerprint density at radius 2 is 2.12 bits per heavy atom. The van der Waals surface area contributed by atoms with Gasteiger partial charge in [0, 0.05) is 12.6 Å². The number of hydrogen-bond acceptors (Lipinski definition) is 2. The van der Waals surface area contributed by atoms with Crippen molar-refractivity contribution in [1.82, 2.24) is 10.2 Å². The van der Waals surface area contributed by atoms with Crippen LogP contribution in [0.5, 0.6) is 0 Å². The lowest BCUT2D eigenvalue weighted by Crippen LogP contribution is -2.56. The Labute approximate surface area is 102 Å². The highest BCUT2D eigenvalue weighted by Crippen LogP contribution is 2.21. The molecule has 0 radical (unpaired) electrons. The minimum atomic E-state index is -1.17. The van der Waals surface area contributed by atoms with Gasteiger partial charge in [-0.25, -0.2) is 9.59 Å². The van der Waals surface area contributed by atoms with Crippen LogP contribution in [0.4, 0.5) is 4.79 Å². The van der Waals surface area contributed by atoms with Crippen molar-refractivity contribution in [3.05, 3.63) is 0 Å². The largest absolute Gasteiger partial charge is 0.480 e. The van der Waals surface area contributed by atoms with Crippen LogP contribution in [0.3, 0.4) is 0 Å². The molecule has 17 heavy (non-hydrogen) atoms. The van der Waals surface area contributed by atoms with Crippen LogP contribution >= 0.6 is 0 Å². The number of urea groups is 1. The summed E-state index contributed by atoms with van der Waals surface area (Å²) in [6.45, 7) is 6.08. The summed E-state index contributed by atoms with van der Waals surface area (Å²) in [4.78, 5) is 24.9. The molecule has 2 atom stereocenters. The SMILES string of the molecule is CCC1CCCN1C(=O)NC(C)(CC)C(=O)O. The van der Waals surface area contributed by atoms with Crippen LogP contribution in [-0.4, -0.2) is 40.1 Å². The minimum Gasteiger partial charge on any atom is -0.480 e. The van der Waals surface area contributed by atoms with E-state index in [2.05, 4.69) is 5.32 Å². The number of carbonyl (C=O) groups is 2. The highest BCUT2D eigenvalue weighted by atomic mass is 16.4. The highest BCUT2D eigenvalue weighted by Gasteiger charge is 2.36.